The van der Waals surface area contributed by atoms with Crippen LogP contribution in [0.15, 0.2) is 18.2 Å². The van der Waals surface area contributed by atoms with E-state index < -0.39 is 81.0 Å². The number of rotatable bonds is 15. The second kappa shape index (κ2) is 15.1. The number of primary amides is 1. The summed E-state index contributed by atoms with van der Waals surface area (Å²) in [6, 6.07) is -0.957. The first-order valence-corrected chi connectivity index (χ1v) is 12.4. The molecule has 0 saturated heterocycles. The Labute approximate surface area is 230 Å². The SMILES string of the molecule is CC(C)C[C@H](NC(=O)c1cc([N+](=O)[O-])cc([N+](=O)[O-])c1)C(=O)N[C@@H](CC(C)C)C(=O)N[C@@H](C)C(=O)NCC(N)=O. The summed E-state index contributed by atoms with van der Waals surface area (Å²) in [6.07, 6.45) is 0.281. The number of carbonyl (C=O) groups is 5. The lowest BCUT2D eigenvalue weighted by Gasteiger charge is -2.26. The molecule has 0 aromatic heterocycles. The molecule has 0 bridgehead atoms. The number of benzene rings is 1. The fourth-order valence-electron chi connectivity index (χ4n) is 3.56. The van der Waals surface area contributed by atoms with Crippen LogP contribution in [0.3, 0.4) is 0 Å². The third kappa shape index (κ3) is 11.0. The van der Waals surface area contributed by atoms with Gasteiger partial charge in [0.15, 0.2) is 0 Å². The highest BCUT2D eigenvalue weighted by atomic mass is 16.6. The van der Waals surface area contributed by atoms with Gasteiger partial charge in [-0.05, 0) is 31.6 Å². The Hall–Kier alpha value is -4.63. The van der Waals surface area contributed by atoms with Gasteiger partial charge in [0, 0.05) is 12.1 Å². The van der Waals surface area contributed by atoms with Crippen molar-refractivity contribution in [2.45, 2.75) is 65.6 Å². The summed E-state index contributed by atoms with van der Waals surface area (Å²) in [5.74, 6) is -4.02. The Morgan fingerprint density at radius 1 is 0.750 bits per heavy atom. The highest BCUT2D eigenvalue weighted by Gasteiger charge is 2.30. The van der Waals surface area contributed by atoms with Gasteiger partial charge in [0.25, 0.3) is 17.3 Å². The van der Waals surface area contributed by atoms with E-state index in [1.807, 2.05) is 0 Å². The highest BCUT2D eigenvalue weighted by Crippen LogP contribution is 2.23. The largest absolute Gasteiger partial charge is 0.368 e. The quantitative estimate of drug-likeness (QED) is 0.145. The molecule has 0 aliphatic rings. The molecule has 0 saturated carbocycles. The number of nitro benzene ring substituents is 2. The monoisotopic (exact) mass is 565 g/mol. The summed E-state index contributed by atoms with van der Waals surface area (Å²) < 4.78 is 0. The molecule has 0 spiro atoms. The van der Waals surface area contributed by atoms with Crippen LogP contribution in [0.1, 0.15) is 57.8 Å². The molecule has 1 aromatic rings. The molecule has 5 amide bonds. The van der Waals surface area contributed by atoms with Crippen molar-refractivity contribution < 1.29 is 33.8 Å². The first-order chi connectivity index (χ1) is 18.5. The maximum absolute atomic E-state index is 13.2. The average Bonchev–Trinajstić information content (AvgIpc) is 2.85. The van der Waals surface area contributed by atoms with Crippen LogP contribution in [0.5, 0.6) is 0 Å². The van der Waals surface area contributed by atoms with Crippen LogP contribution in [0.2, 0.25) is 0 Å². The number of non-ortho nitro benzene ring substituents is 2. The van der Waals surface area contributed by atoms with Gasteiger partial charge in [-0.3, -0.25) is 44.2 Å². The first kappa shape index (κ1) is 33.4. The van der Waals surface area contributed by atoms with Crippen LogP contribution in [0.4, 0.5) is 11.4 Å². The smallest absolute Gasteiger partial charge is 0.277 e. The van der Waals surface area contributed by atoms with Crippen LogP contribution in [0.25, 0.3) is 0 Å². The molecule has 1 rings (SSSR count). The summed E-state index contributed by atoms with van der Waals surface area (Å²) in [5.41, 5.74) is 3.26. The van der Waals surface area contributed by atoms with Gasteiger partial charge in [0.05, 0.1) is 28.0 Å². The van der Waals surface area contributed by atoms with E-state index in [1.165, 1.54) is 6.92 Å². The second-order valence-corrected chi connectivity index (χ2v) is 10.0. The van der Waals surface area contributed by atoms with E-state index in [9.17, 15) is 44.2 Å². The standard InChI is InChI=1S/C24H35N7O9/c1-12(2)6-18(23(35)27-14(5)21(33)26-11-20(25)32)29-24(36)19(7-13(3)4)28-22(34)15-8-16(30(37)38)10-17(9-15)31(39)40/h8-10,12-14,18-19H,6-7,11H2,1-5H3,(H2,25,32)(H,26,33)(H,27,35)(H,28,34)(H,29,36)/t14-,18-,19-/m0/s1. The highest BCUT2D eigenvalue weighted by molar-refractivity contribution is 5.99. The van der Waals surface area contributed by atoms with Crippen LogP contribution >= 0.6 is 0 Å². The fourth-order valence-corrected chi connectivity index (χ4v) is 3.56. The van der Waals surface area contributed by atoms with Gasteiger partial charge in [-0.1, -0.05) is 27.7 Å². The molecule has 40 heavy (non-hydrogen) atoms. The van der Waals surface area contributed by atoms with E-state index in [-0.39, 0.29) is 24.7 Å². The molecule has 0 fully saturated rings. The van der Waals surface area contributed by atoms with Gasteiger partial charge >= 0.3 is 0 Å². The molecule has 16 heteroatoms. The molecule has 1 aromatic carbocycles. The van der Waals surface area contributed by atoms with Crippen molar-refractivity contribution in [3.63, 3.8) is 0 Å². The van der Waals surface area contributed by atoms with Crippen LogP contribution < -0.4 is 27.0 Å². The molecular weight excluding hydrogens is 530 g/mol. The van der Waals surface area contributed by atoms with Crippen LogP contribution in [0, 0.1) is 32.1 Å². The Morgan fingerprint density at radius 2 is 1.20 bits per heavy atom. The maximum Gasteiger partial charge on any atom is 0.277 e. The van der Waals surface area contributed by atoms with E-state index in [0.717, 1.165) is 12.1 Å². The van der Waals surface area contributed by atoms with Gasteiger partial charge in [-0.25, -0.2) is 0 Å². The molecule has 6 N–H and O–H groups in total. The van der Waals surface area contributed by atoms with Crippen molar-refractivity contribution in [3.8, 4) is 0 Å². The fraction of sp³-hybridized carbons (Fsp3) is 0.542. The molecule has 0 aliphatic heterocycles. The van der Waals surface area contributed by atoms with Crippen LogP contribution in [-0.4, -0.2) is 64.1 Å². The lowest BCUT2D eigenvalue weighted by atomic mass is 9.99. The van der Waals surface area contributed by atoms with E-state index in [1.54, 1.807) is 27.7 Å². The van der Waals surface area contributed by atoms with Crippen LogP contribution in [-0.2, 0) is 19.2 Å². The minimum Gasteiger partial charge on any atom is -0.368 e. The normalized spacial score (nSPS) is 13.1. The van der Waals surface area contributed by atoms with E-state index >= 15 is 0 Å². The Kier molecular flexibility index (Phi) is 12.6. The number of nitro groups is 2. The zero-order valence-electron chi connectivity index (χ0n) is 22.9. The summed E-state index contributed by atoms with van der Waals surface area (Å²) in [5, 5.41) is 32.1. The number of hydrogen-bond acceptors (Lipinski definition) is 9. The number of nitrogens with zero attached hydrogens (tertiary/aromatic N) is 2. The molecule has 16 nitrogen and oxygen atoms in total. The molecule has 0 unspecified atom stereocenters. The van der Waals surface area contributed by atoms with Crippen molar-refractivity contribution in [2.24, 2.45) is 17.6 Å². The maximum atomic E-state index is 13.2. The van der Waals surface area contributed by atoms with Crippen molar-refractivity contribution in [1.29, 1.82) is 0 Å². The van der Waals surface area contributed by atoms with Gasteiger partial charge in [-0.2, -0.15) is 0 Å². The minimum absolute atomic E-state index is 0.0707. The zero-order chi connectivity index (χ0) is 30.7. The number of carbonyl (C=O) groups excluding carboxylic acids is 5. The molecule has 0 radical (unpaired) electrons. The summed E-state index contributed by atoms with van der Waals surface area (Å²) >= 11 is 0. The summed E-state index contributed by atoms with van der Waals surface area (Å²) in [4.78, 5) is 82.7. The first-order valence-electron chi connectivity index (χ1n) is 12.4. The molecule has 0 heterocycles. The Balaban J connectivity index is 3.14. The summed E-state index contributed by atoms with van der Waals surface area (Å²) in [6.45, 7) is 8.11. The van der Waals surface area contributed by atoms with E-state index in [4.69, 9.17) is 5.73 Å². The number of nitrogens with two attached hydrogens (primary N) is 1. The topological polar surface area (TPSA) is 246 Å². The van der Waals surface area contributed by atoms with Crippen molar-refractivity contribution in [1.82, 2.24) is 21.3 Å². The number of amides is 5. The zero-order valence-corrected chi connectivity index (χ0v) is 22.9. The summed E-state index contributed by atoms with van der Waals surface area (Å²) in [7, 11) is 0. The predicted octanol–water partition coefficient (Wildman–Crippen LogP) is 0.285. The number of hydrogen-bond donors (Lipinski definition) is 5. The van der Waals surface area contributed by atoms with Gasteiger partial charge in [-0.15, -0.1) is 0 Å². The second-order valence-electron chi connectivity index (χ2n) is 10.0. The molecule has 3 atom stereocenters. The third-order valence-corrected chi connectivity index (χ3v) is 5.44. The average molecular weight is 566 g/mol. The predicted molar refractivity (Wildman–Crippen MR) is 142 cm³/mol. The van der Waals surface area contributed by atoms with Gasteiger partial charge in [0.2, 0.25) is 23.6 Å². The van der Waals surface area contributed by atoms with Gasteiger partial charge in [0.1, 0.15) is 18.1 Å². The Morgan fingerprint density at radius 3 is 1.62 bits per heavy atom. The Bertz CT molecular complexity index is 1120. The number of nitrogens with one attached hydrogen (secondary N) is 4. The van der Waals surface area contributed by atoms with E-state index in [2.05, 4.69) is 21.3 Å². The minimum atomic E-state index is -1.20. The third-order valence-electron chi connectivity index (χ3n) is 5.44. The lowest BCUT2D eigenvalue weighted by Crippen LogP contribution is -2.56. The molecular formula is C24H35N7O9. The van der Waals surface area contributed by atoms with Gasteiger partial charge < -0.3 is 27.0 Å². The van der Waals surface area contributed by atoms with Crippen molar-refractivity contribution >= 4 is 40.9 Å². The lowest BCUT2D eigenvalue weighted by molar-refractivity contribution is -0.394. The molecule has 0 aliphatic carbocycles. The van der Waals surface area contributed by atoms with E-state index in [0.29, 0.717) is 6.07 Å². The van der Waals surface area contributed by atoms with Crippen molar-refractivity contribution in [2.75, 3.05) is 6.54 Å². The molecule has 220 valence electrons. The van der Waals surface area contributed by atoms with Crippen molar-refractivity contribution in [3.05, 3.63) is 44.0 Å².